The van der Waals surface area contributed by atoms with E-state index in [4.69, 9.17) is 4.74 Å². The van der Waals surface area contributed by atoms with Crippen LogP contribution in [-0.2, 0) is 11.3 Å². The molecule has 2 aromatic carbocycles. The van der Waals surface area contributed by atoms with E-state index in [1.165, 1.54) is 0 Å². The summed E-state index contributed by atoms with van der Waals surface area (Å²) in [5.74, 6) is 0.795. The van der Waals surface area contributed by atoms with Gasteiger partial charge in [-0.3, -0.25) is 4.79 Å². The van der Waals surface area contributed by atoms with Crippen molar-refractivity contribution >= 4 is 11.6 Å². The van der Waals surface area contributed by atoms with Crippen molar-refractivity contribution in [1.29, 1.82) is 0 Å². The van der Waals surface area contributed by atoms with Crippen molar-refractivity contribution in [3.05, 3.63) is 60.2 Å². The molecule has 0 fully saturated rings. The molecule has 0 saturated heterocycles. The minimum absolute atomic E-state index is 0.0918. The van der Waals surface area contributed by atoms with E-state index in [0.29, 0.717) is 13.1 Å². The standard InChI is InChI=1S/C19H24N2O2/c1-15(13-20-2)19(22)21(14-16-7-5-4-6-8-16)17-9-11-18(23-3)12-10-17/h4-12,15,20H,13-14H2,1-3H3. The first-order chi connectivity index (χ1) is 11.2. The number of nitrogens with zero attached hydrogens (tertiary/aromatic N) is 1. The number of hydrogen-bond donors (Lipinski definition) is 1. The number of methoxy groups -OCH3 is 1. The summed E-state index contributed by atoms with van der Waals surface area (Å²) >= 11 is 0. The zero-order chi connectivity index (χ0) is 16.7. The molecule has 0 heterocycles. The third-order valence-corrected chi connectivity index (χ3v) is 3.77. The van der Waals surface area contributed by atoms with Gasteiger partial charge in [0.15, 0.2) is 0 Å². The zero-order valence-corrected chi connectivity index (χ0v) is 14.0. The van der Waals surface area contributed by atoms with Crippen molar-refractivity contribution in [3.63, 3.8) is 0 Å². The van der Waals surface area contributed by atoms with E-state index in [-0.39, 0.29) is 11.8 Å². The minimum Gasteiger partial charge on any atom is -0.497 e. The highest BCUT2D eigenvalue weighted by atomic mass is 16.5. The van der Waals surface area contributed by atoms with E-state index in [1.807, 2.05) is 73.5 Å². The Labute approximate surface area is 138 Å². The van der Waals surface area contributed by atoms with Gasteiger partial charge in [0, 0.05) is 18.2 Å². The van der Waals surface area contributed by atoms with Gasteiger partial charge in [0.25, 0.3) is 0 Å². The van der Waals surface area contributed by atoms with Crippen molar-refractivity contribution < 1.29 is 9.53 Å². The van der Waals surface area contributed by atoms with Gasteiger partial charge in [0.1, 0.15) is 5.75 Å². The van der Waals surface area contributed by atoms with Crippen LogP contribution in [0.15, 0.2) is 54.6 Å². The van der Waals surface area contributed by atoms with Crippen LogP contribution in [0.1, 0.15) is 12.5 Å². The normalized spacial score (nSPS) is 11.8. The van der Waals surface area contributed by atoms with Gasteiger partial charge in [-0.2, -0.15) is 0 Å². The number of carbonyl (C=O) groups is 1. The fourth-order valence-corrected chi connectivity index (χ4v) is 2.48. The molecule has 122 valence electrons. The molecule has 4 heteroatoms. The lowest BCUT2D eigenvalue weighted by molar-refractivity contribution is -0.121. The zero-order valence-electron chi connectivity index (χ0n) is 14.0. The Hall–Kier alpha value is -2.33. The molecule has 0 bridgehead atoms. The second kappa shape index (κ2) is 8.34. The van der Waals surface area contributed by atoms with Gasteiger partial charge in [0.2, 0.25) is 5.91 Å². The summed E-state index contributed by atoms with van der Waals surface area (Å²) in [4.78, 5) is 14.7. The second-order valence-electron chi connectivity index (χ2n) is 5.57. The monoisotopic (exact) mass is 312 g/mol. The number of rotatable bonds is 7. The topological polar surface area (TPSA) is 41.6 Å². The molecule has 0 aliphatic rings. The Kier molecular flexibility index (Phi) is 6.18. The number of benzene rings is 2. The van der Waals surface area contributed by atoms with Crippen LogP contribution in [0.5, 0.6) is 5.75 Å². The maximum atomic E-state index is 12.8. The second-order valence-corrected chi connectivity index (χ2v) is 5.57. The molecule has 2 rings (SSSR count). The molecule has 0 aliphatic carbocycles. The quantitative estimate of drug-likeness (QED) is 0.854. The lowest BCUT2D eigenvalue weighted by Gasteiger charge is -2.26. The first kappa shape index (κ1) is 17.0. The molecule has 4 nitrogen and oxygen atoms in total. The lowest BCUT2D eigenvalue weighted by atomic mass is 10.1. The third kappa shape index (κ3) is 4.57. The molecule has 0 aromatic heterocycles. The van der Waals surface area contributed by atoms with Crippen LogP contribution in [0.3, 0.4) is 0 Å². The highest BCUT2D eigenvalue weighted by Crippen LogP contribution is 2.23. The Balaban J connectivity index is 2.27. The van der Waals surface area contributed by atoms with Gasteiger partial charge in [-0.15, -0.1) is 0 Å². The Morgan fingerprint density at radius 3 is 2.35 bits per heavy atom. The molecule has 1 unspecified atom stereocenters. The van der Waals surface area contributed by atoms with Crippen molar-refractivity contribution in [1.82, 2.24) is 5.32 Å². The largest absolute Gasteiger partial charge is 0.497 e. The van der Waals surface area contributed by atoms with Gasteiger partial charge in [-0.05, 0) is 36.9 Å². The summed E-state index contributed by atoms with van der Waals surface area (Å²) in [7, 11) is 3.50. The van der Waals surface area contributed by atoms with Crippen LogP contribution in [0.4, 0.5) is 5.69 Å². The maximum Gasteiger partial charge on any atom is 0.231 e. The van der Waals surface area contributed by atoms with Gasteiger partial charge < -0.3 is 15.0 Å². The molecule has 23 heavy (non-hydrogen) atoms. The van der Waals surface area contributed by atoms with Crippen LogP contribution in [-0.4, -0.2) is 26.6 Å². The smallest absolute Gasteiger partial charge is 0.231 e. The van der Waals surface area contributed by atoms with Crippen molar-refractivity contribution in [2.45, 2.75) is 13.5 Å². The third-order valence-electron chi connectivity index (χ3n) is 3.77. The van der Waals surface area contributed by atoms with Crippen LogP contribution in [0.2, 0.25) is 0 Å². The highest BCUT2D eigenvalue weighted by Gasteiger charge is 2.21. The van der Waals surface area contributed by atoms with E-state index in [9.17, 15) is 4.79 Å². The Morgan fingerprint density at radius 1 is 1.13 bits per heavy atom. The highest BCUT2D eigenvalue weighted by molar-refractivity contribution is 5.95. The number of anilines is 1. The number of nitrogens with one attached hydrogen (secondary N) is 1. The van der Waals surface area contributed by atoms with E-state index in [2.05, 4.69) is 5.32 Å². The van der Waals surface area contributed by atoms with Gasteiger partial charge >= 0.3 is 0 Å². The van der Waals surface area contributed by atoms with Gasteiger partial charge in [-0.1, -0.05) is 37.3 Å². The number of ether oxygens (including phenoxy) is 1. The minimum atomic E-state index is -0.0918. The fraction of sp³-hybridized carbons (Fsp3) is 0.316. The number of hydrogen-bond acceptors (Lipinski definition) is 3. The van der Waals surface area contributed by atoms with Crippen LogP contribution < -0.4 is 15.0 Å². The maximum absolute atomic E-state index is 12.8. The number of amides is 1. The molecule has 1 atom stereocenters. The molecule has 0 radical (unpaired) electrons. The van der Waals surface area contributed by atoms with Crippen LogP contribution >= 0.6 is 0 Å². The van der Waals surface area contributed by atoms with Gasteiger partial charge in [0.05, 0.1) is 13.7 Å². The predicted octanol–water partition coefficient (Wildman–Crippen LogP) is 3.08. The van der Waals surface area contributed by atoms with Crippen LogP contribution in [0.25, 0.3) is 0 Å². The summed E-state index contributed by atoms with van der Waals surface area (Å²) < 4.78 is 5.20. The predicted molar refractivity (Wildman–Crippen MR) is 93.7 cm³/mol. The van der Waals surface area contributed by atoms with Crippen molar-refractivity contribution in [2.24, 2.45) is 5.92 Å². The molecule has 2 aromatic rings. The lowest BCUT2D eigenvalue weighted by Crippen LogP contribution is -2.38. The average Bonchev–Trinajstić information content (AvgIpc) is 2.60. The van der Waals surface area contributed by atoms with Crippen molar-refractivity contribution in [3.8, 4) is 5.75 Å². The van der Waals surface area contributed by atoms with E-state index in [1.54, 1.807) is 7.11 Å². The summed E-state index contributed by atoms with van der Waals surface area (Å²) in [6, 6.07) is 17.6. The summed E-state index contributed by atoms with van der Waals surface area (Å²) in [5.41, 5.74) is 1.98. The van der Waals surface area contributed by atoms with Crippen LogP contribution in [0, 0.1) is 5.92 Å². The number of carbonyl (C=O) groups excluding carboxylic acids is 1. The molecule has 0 saturated carbocycles. The fourth-order valence-electron chi connectivity index (χ4n) is 2.48. The molecule has 1 N–H and O–H groups in total. The van der Waals surface area contributed by atoms with Gasteiger partial charge in [-0.25, -0.2) is 0 Å². The average molecular weight is 312 g/mol. The Morgan fingerprint density at radius 2 is 1.78 bits per heavy atom. The molecule has 0 spiro atoms. The van der Waals surface area contributed by atoms with Crippen molar-refractivity contribution in [2.75, 3.05) is 25.6 Å². The summed E-state index contributed by atoms with van der Waals surface area (Å²) in [6.45, 7) is 3.15. The first-order valence-electron chi connectivity index (χ1n) is 7.79. The molecular weight excluding hydrogens is 288 g/mol. The van der Waals surface area contributed by atoms with E-state index in [0.717, 1.165) is 17.0 Å². The first-order valence-corrected chi connectivity index (χ1v) is 7.79. The summed E-state index contributed by atoms with van der Waals surface area (Å²) in [6.07, 6.45) is 0. The summed E-state index contributed by atoms with van der Waals surface area (Å²) in [5, 5.41) is 3.07. The molecular formula is C19H24N2O2. The molecule has 0 aliphatic heterocycles. The SMILES string of the molecule is CNCC(C)C(=O)N(Cc1ccccc1)c1ccc(OC)cc1. The van der Waals surface area contributed by atoms with E-state index < -0.39 is 0 Å². The molecule has 1 amide bonds. The Bertz CT molecular complexity index is 611. The van der Waals surface area contributed by atoms with E-state index >= 15 is 0 Å².